The topological polar surface area (TPSA) is 89.3 Å². The van der Waals surface area contributed by atoms with Crippen LogP contribution >= 0.6 is 0 Å². The van der Waals surface area contributed by atoms with Gasteiger partial charge in [-0.3, -0.25) is 4.79 Å². The summed E-state index contributed by atoms with van der Waals surface area (Å²) in [6.45, 7) is 0. The van der Waals surface area contributed by atoms with Crippen molar-refractivity contribution in [3.63, 3.8) is 0 Å². The van der Waals surface area contributed by atoms with E-state index < -0.39 is 32.6 Å². The van der Waals surface area contributed by atoms with Gasteiger partial charge in [0, 0.05) is 6.07 Å². The zero-order valence-electron chi connectivity index (χ0n) is 10.5. The summed E-state index contributed by atoms with van der Waals surface area (Å²) in [4.78, 5) is 11.9. The lowest BCUT2D eigenvalue weighted by molar-refractivity contribution is -0.116. The van der Waals surface area contributed by atoms with Crippen molar-refractivity contribution in [1.29, 1.82) is 0 Å². The molecule has 1 heterocycles. The largest absolute Gasteiger partial charge is 0.396 e. The fraction of sp³-hybridized carbons (Fsp3) is 0.417. The maximum absolute atomic E-state index is 13.5. The van der Waals surface area contributed by atoms with E-state index in [1.165, 1.54) is 0 Å². The molecule has 3 N–H and O–H groups in total. The maximum Gasteiger partial charge on any atom is 0.242 e. The second-order valence-corrected chi connectivity index (χ2v) is 7.00. The van der Waals surface area contributed by atoms with Gasteiger partial charge in [0.2, 0.25) is 5.91 Å². The molecule has 0 aliphatic carbocycles. The Morgan fingerprint density at radius 1 is 1.25 bits per heavy atom. The second kappa shape index (κ2) is 5.35. The average Bonchev–Trinajstić information content (AvgIpc) is 2.35. The minimum Gasteiger partial charge on any atom is -0.396 e. The number of hydrogen-bond donors (Lipinski definition) is 2. The predicted octanol–water partition coefficient (Wildman–Crippen LogP) is 1.45. The molecule has 1 fully saturated rings. The predicted molar refractivity (Wildman–Crippen MR) is 70.8 cm³/mol. The first-order valence-electron chi connectivity index (χ1n) is 6.08. The van der Waals surface area contributed by atoms with Gasteiger partial charge in [-0.15, -0.1) is 0 Å². The molecule has 2 rings (SSSR count). The summed E-state index contributed by atoms with van der Waals surface area (Å²) in [5.74, 6) is -2.81. The Morgan fingerprint density at radius 2 is 1.95 bits per heavy atom. The van der Waals surface area contributed by atoms with Gasteiger partial charge in [-0.25, -0.2) is 17.2 Å². The van der Waals surface area contributed by atoms with E-state index in [0.717, 1.165) is 6.07 Å². The highest BCUT2D eigenvalue weighted by atomic mass is 32.2. The van der Waals surface area contributed by atoms with Crippen LogP contribution in [0.3, 0.4) is 0 Å². The molecule has 0 aromatic heterocycles. The van der Waals surface area contributed by atoms with E-state index in [4.69, 9.17) is 5.73 Å². The number of nitrogen functional groups attached to an aromatic ring is 1. The van der Waals surface area contributed by atoms with Gasteiger partial charge in [0.15, 0.2) is 9.84 Å². The number of carbonyl (C=O) groups excluding carboxylic acids is 1. The lowest BCUT2D eigenvalue weighted by Gasteiger charge is -2.21. The Hall–Kier alpha value is -1.70. The standard InChI is InChI=1S/C12H14F2N2O3S/c13-7-5-8(14)10(6-9(7)15)16-12(17)11-3-1-2-4-20(11,18)19/h5-6,11H,1-4,15H2,(H,16,17). The number of benzene rings is 1. The molecule has 5 nitrogen and oxygen atoms in total. The van der Waals surface area contributed by atoms with Crippen LogP contribution in [0.15, 0.2) is 12.1 Å². The van der Waals surface area contributed by atoms with Crippen LogP contribution < -0.4 is 11.1 Å². The lowest BCUT2D eigenvalue weighted by atomic mass is 10.1. The number of nitrogens with two attached hydrogens (primary N) is 1. The summed E-state index contributed by atoms with van der Waals surface area (Å²) in [5.41, 5.74) is 4.64. The minimum absolute atomic E-state index is 0.0564. The zero-order chi connectivity index (χ0) is 14.9. The molecule has 0 bridgehead atoms. The van der Waals surface area contributed by atoms with Gasteiger partial charge in [0.25, 0.3) is 0 Å². The summed E-state index contributed by atoms with van der Waals surface area (Å²) in [7, 11) is -3.51. The van der Waals surface area contributed by atoms with E-state index in [1.807, 2.05) is 0 Å². The zero-order valence-corrected chi connectivity index (χ0v) is 11.3. The van der Waals surface area contributed by atoms with Crippen molar-refractivity contribution >= 4 is 27.1 Å². The van der Waals surface area contributed by atoms with Gasteiger partial charge in [-0.2, -0.15) is 0 Å². The first-order chi connectivity index (χ1) is 9.31. The second-order valence-electron chi connectivity index (χ2n) is 4.69. The average molecular weight is 304 g/mol. The number of amides is 1. The highest BCUT2D eigenvalue weighted by Gasteiger charge is 2.35. The SMILES string of the molecule is Nc1cc(NC(=O)C2CCCCS2(=O)=O)c(F)cc1F. The van der Waals surface area contributed by atoms with Crippen molar-refractivity contribution in [2.24, 2.45) is 0 Å². The molecular formula is C12H14F2N2O3S. The number of sulfone groups is 1. The van der Waals surface area contributed by atoms with Crippen molar-refractivity contribution < 1.29 is 22.0 Å². The Kier molecular flexibility index (Phi) is 3.94. The first kappa shape index (κ1) is 14.7. The Balaban J connectivity index is 2.22. The molecule has 1 aromatic carbocycles. The normalized spacial score (nSPS) is 21.4. The smallest absolute Gasteiger partial charge is 0.242 e. The van der Waals surface area contributed by atoms with Crippen LogP contribution in [0.5, 0.6) is 0 Å². The number of hydrogen-bond acceptors (Lipinski definition) is 4. The third kappa shape index (κ3) is 2.90. The van der Waals surface area contributed by atoms with Crippen molar-refractivity contribution in [3.8, 4) is 0 Å². The molecule has 20 heavy (non-hydrogen) atoms. The number of anilines is 2. The molecule has 1 atom stereocenters. The molecular weight excluding hydrogens is 290 g/mol. The summed E-state index contributed by atoms with van der Waals surface area (Å²) in [6.07, 6.45) is 1.34. The van der Waals surface area contributed by atoms with E-state index in [9.17, 15) is 22.0 Å². The van der Waals surface area contributed by atoms with Crippen LogP contribution in [0.25, 0.3) is 0 Å². The summed E-state index contributed by atoms with van der Waals surface area (Å²) < 4.78 is 50.1. The molecule has 110 valence electrons. The third-order valence-electron chi connectivity index (χ3n) is 3.22. The van der Waals surface area contributed by atoms with Gasteiger partial charge >= 0.3 is 0 Å². The van der Waals surface area contributed by atoms with Crippen molar-refractivity contribution in [3.05, 3.63) is 23.8 Å². The number of nitrogens with one attached hydrogen (secondary N) is 1. The maximum atomic E-state index is 13.5. The van der Waals surface area contributed by atoms with Crippen LogP contribution in [-0.2, 0) is 14.6 Å². The van der Waals surface area contributed by atoms with Crippen molar-refractivity contribution in [1.82, 2.24) is 0 Å². The van der Waals surface area contributed by atoms with E-state index in [2.05, 4.69) is 5.32 Å². The van der Waals surface area contributed by atoms with Crippen LogP contribution in [0, 0.1) is 11.6 Å². The van der Waals surface area contributed by atoms with Crippen LogP contribution in [0.1, 0.15) is 19.3 Å². The Bertz CT molecular complexity index is 646. The van der Waals surface area contributed by atoms with Gasteiger partial charge in [-0.1, -0.05) is 6.42 Å². The van der Waals surface area contributed by atoms with E-state index in [-0.39, 0.29) is 23.5 Å². The van der Waals surface area contributed by atoms with Crippen molar-refractivity contribution in [2.45, 2.75) is 24.5 Å². The quantitative estimate of drug-likeness (QED) is 0.809. The van der Waals surface area contributed by atoms with Gasteiger partial charge in [0.1, 0.15) is 16.9 Å². The molecule has 0 saturated carbocycles. The first-order valence-corrected chi connectivity index (χ1v) is 7.80. The fourth-order valence-corrected chi connectivity index (χ4v) is 3.93. The Labute approximate surface area is 115 Å². The fourth-order valence-electron chi connectivity index (χ4n) is 2.12. The van der Waals surface area contributed by atoms with E-state index >= 15 is 0 Å². The highest BCUT2D eigenvalue weighted by Crippen LogP contribution is 2.24. The van der Waals surface area contributed by atoms with Crippen LogP contribution in [0.4, 0.5) is 20.2 Å². The molecule has 1 aromatic rings. The highest BCUT2D eigenvalue weighted by molar-refractivity contribution is 7.92. The van der Waals surface area contributed by atoms with Gasteiger partial charge < -0.3 is 11.1 Å². The molecule has 8 heteroatoms. The van der Waals surface area contributed by atoms with E-state index in [0.29, 0.717) is 18.9 Å². The molecule has 0 spiro atoms. The Morgan fingerprint density at radius 3 is 2.60 bits per heavy atom. The molecule has 1 amide bonds. The molecule has 1 aliphatic rings. The summed E-state index contributed by atoms with van der Waals surface area (Å²) in [5, 5.41) is 0.971. The monoisotopic (exact) mass is 304 g/mol. The van der Waals surface area contributed by atoms with Gasteiger partial charge in [-0.05, 0) is 18.9 Å². The van der Waals surface area contributed by atoms with Crippen LogP contribution in [-0.4, -0.2) is 25.3 Å². The van der Waals surface area contributed by atoms with Gasteiger partial charge in [0.05, 0.1) is 17.1 Å². The minimum atomic E-state index is -3.51. The molecule has 0 radical (unpaired) electrons. The number of rotatable bonds is 2. The molecule has 1 saturated heterocycles. The number of halogens is 2. The molecule has 1 aliphatic heterocycles. The van der Waals surface area contributed by atoms with E-state index in [1.54, 1.807) is 0 Å². The van der Waals surface area contributed by atoms with Crippen molar-refractivity contribution in [2.75, 3.05) is 16.8 Å². The summed E-state index contributed by atoms with van der Waals surface area (Å²) in [6, 6.07) is 1.47. The molecule has 1 unspecified atom stereocenters. The van der Waals surface area contributed by atoms with Crippen LogP contribution in [0.2, 0.25) is 0 Å². The third-order valence-corrected chi connectivity index (χ3v) is 5.39. The number of carbonyl (C=O) groups is 1. The summed E-state index contributed by atoms with van der Waals surface area (Å²) >= 11 is 0. The lowest BCUT2D eigenvalue weighted by Crippen LogP contribution is -2.39.